The van der Waals surface area contributed by atoms with Crippen LogP contribution in [-0.4, -0.2) is 26.9 Å². The van der Waals surface area contributed by atoms with Crippen molar-refractivity contribution in [2.75, 3.05) is 0 Å². The Morgan fingerprint density at radius 3 is 2.33 bits per heavy atom. The van der Waals surface area contributed by atoms with Gasteiger partial charge in [-0.2, -0.15) is 17.6 Å². The second kappa shape index (κ2) is 6.84. The van der Waals surface area contributed by atoms with E-state index >= 15 is 0 Å². The first-order valence-corrected chi connectivity index (χ1v) is 8.33. The number of aromatic nitrogens is 2. The average Bonchev–Trinajstić information content (AvgIpc) is 3.39. The van der Waals surface area contributed by atoms with Crippen LogP contribution in [-0.2, 0) is 16.4 Å². The molecule has 0 radical (unpaired) electrons. The predicted octanol–water partition coefficient (Wildman–Crippen LogP) is 2.49. The minimum atomic E-state index is -4.67. The molecule has 1 atom stereocenters. The van der Waals surface area contributed by atoms with Crippen molar-refractivity contribution < 1.29 is 22.4 Å². The Morgan fingerprint density at radius 1 is 1.15 bits per heavy atom. The SMILES string of the molecule is NC(=O)C(C(=S)NC1CC1)(c1ccnc(F)c1)c1cc(C(F)(F)F)ccn1. The third-order valence-corrected chi connectivity index (χ3v) is 4.68. The summed E-state index contributed by atoms with van der Waals surface area (Å²) in [6, 6.07) is 3.63. The number of hydrogen-bond acceptors (Lipinski definition) is 4. The molecule has 0 aliphatic heterocycles. The highest BCUT2D eigenvalue weighted by Gasteiger charge is 2.49. The van der Waals surface area contributed by atoms with Crippen molar-refractivity contribution in [3.8, 4) is 0 Å². The van der Waals surface area contributed by atoms with Crippen molar-refractivity contribution in [1.29, 1.82) is 0 Å². The lowest BCUT2D eigenvalue weighted by atomic mass is 9.76. The van der Waals surface area contributed by atoms with Crippen LogP contribution in [0.15, 0.2) is 36.7 Å². The molecule has 1 amide bonds. The van der Waals surface area contributed by atoms with Gasteiger partial charge in [-0.1, -0.05) is 12.2 Å². The zero-order chi connectivity index (χ0) is 19.8. The number of amides is 1. The van der Waals surface area contributed by atoms with Gasteiger partial charge in [0.05, 0.1) is 11.3 Å². The summed E-state index contributed by atoms with van der Waals surface area (Å²) in [5.41, 5.74) is 2.13. The smallest absolute Gasteiger partial charge is 0.375 e. The van der Waals surface area contributed by atoms with Crippen LogP contribution < -0.4 is 11.1 Å². The molecule has 2 aromatic heterocycles. The van der Waals surface area contributed by atoms with Gasteiger partial charge in [0.1, 0.15) is 4.99 Å². The van der Waals surface area contributed by atoms with Gasteiger partial charge < -0.3 is 11.1 Å². The Bertz CT molecular complexity index is 900. The zero-order valence-corrected chi connectivity index (χ0v) is 14.6. The van der Waals surface area contributed by atoms with E-state index in [9.17, 15) is 22.4 Å². The fourth-order valence-electron chi connectivity index (χ4n) is 2.74. The fraction of sp³-hybridized carbons (Fsp3) is 0.294. The standard InChI is InChI=1S/C17H14F4N4OS/c18-13-8-9(3-6-24-13)16(14(22)26,15(27)25-11-1-2-11)12-7-10(4-5-23-12)17(19,20)21/h3-8,11H,1-2H2,(H2,22,26)(H,25,27). The van der Waals surface area contributed by atoms with Gasteiger partial charge in [-0.05, 0) is 42.7 Å². The topological polar surface area (TPSA) is 80.9 Å². The summed E-state index contributed by atoms with van der Waals surface area (Å²) in [6.45, 7) is 0. The Kier molecular flexibility index (Phi) is 4.85. The first kappa shape index (κ1) is 19.2. The number of thiocarbonyl (C=S) groups is 1. The van der Waals surface area contributed by atoms with E-state index in [4.69, 9.17) is 18.0 Å². The van der Waals surface area contributed by atoms with Gasteiger partial charge in [-0.15, -0.1) is 0 Å². The molecule has 0 saturated heterocycles. The molecule has 1 aliphatic rings. The Morgan fingerprint density at radius 2 is 1.78 bits per heavy atom. The summed E-state index contributed by atoms with van der Waals surface area (Å²) in [6.07, 6.45) is -1.11. The van der Waals surface area contributed by atoms with E-state index in [1.807, 2.05) is 0 Å². The third-order valence-electron chi connectivity index (χ3n) is 4.25. The van der Waals surface area contributed by atoms with Crippen LogP contribution in [0.4, 0.5) is 17.6 Å². The van der Waals surface area contributed by atoms with Crippen molar-refractivity contribution >= 4 is 23.1 Å². The molecule has 2 aromatic rings. The van der Waals surface area contributed by atoms with E-state index in [0.717, 1.165) is 37.4 Å². The molecule has 1 saturated carbocycles. The number of primary amides is 1. The van der Waals surface area contributed by atoms with Crippen molar-refractivity contribution in [2.24, 2.45) is 5.73 Å². The minimum Gasteiger partial charge on any atom is -0.375 e. The van der Waals surface area contributed by atoms with Gasteiger partial charge in [-0.3, -0.25) is 9.78 Å². The normalized spacial score (nSPS) is 16.4. The van der Waals surface area contributed by atoms with Crippen LogP contribution in [0.1, 0.15) is 29.7 Å². The van der Waals surface area contributed by atoms with E-state index in [0.29, 0.717) is 6.07 Å². The zero-order valence-electron chi connectivity index (χ0n) is 13.8. The number of alkyl halides is 3. The van der Waals surface area contributed by atoms with Crippen molar-refractivity contribution in [2.45, 2.75) is 30.5 Å². The highest BCUT2D eigenvalue weighted by molar-refractivity contribution is 7.80. The highest BCUT2D eigenvalue weighted by atomic mass is 32.1. The van der Waals surface area contributed by atoms with Gasteiger partial charge in [0.2, 0.25) is 11.9 Å². The lowest BCUT2D eigenvalue weighted by molar-refractivity contribution is -0.137. The van der Waals surface area contributed by atoms with Gasteiger partial charge in [0.25, 0.3) is 0 Å². The van der Waals surface area contributed by atoms with Gasteiger partial charge in [-0.25, -0.2) is 4.98 Å². The van der Waals surface area contributed by atoms with E-state index < -0.39 is 29.0 Å². The number of pyridine rings is 2. The van der Waals surface area contributed by atoms with Crippen LogP contribution >= 0.6 is 12.2 Å². The number of nitrogens with one attached hydrogen (secondary N) is 1. The third kappa shape index (κ3) is 3.61. The number of halogens is 4. The molecule has 0 spiro atoms. The van der Waals surface area contributed by atoms with Gasteiger partial charge in [0, 0.05) is 18.4 Å². The molecule has 3 N–H and O–H groups in total. The largest absolute Gasteiger partial charge is 0.416 e. The van der Waals surface area contributed by atoms with Crippen LogP contribution in [0.25, 0.3) is 0 Å². The summed E-state index contributed by atoms with van der Waals surface area (Å²) in [5, 5.41) is 2.92. The second-order valence-electron chi connectivity index (χ2n) is 6.16. The predicted molar refractivity (Wildman–Crippen MR) is 92.2 cm³/mol. The molecule has 1 fully saturated rings. The molecule has 5 nitrogen and oxygen atoms in total. The maximum Gasteiger partial charge on any atom is 0.416 e. The van der Waals surface area contributed by atoms with Crippen LogP contribution in [0.3, 0.4) is 0 Å². The summed E-state index contributed by atoms with van der Waals surface area (Å²) in [4.78, 5) is 19.8. The lowest BCUT2D eigenvalue weighted by Crippen LogP contribution is -2.54. The maximum atomic E-state index is 13.8. The summed E-state index contributed by atoms with van der Waals surface area (Å²) >= 11 is 5.35. The van der Waals surface area contributed by atoms with Crippen molar-refractivity contribution in [1.82, 2.24) is 15.3 Å². The fourth-order valence-corrected chi connectivity index (χ4v) is 3.23. The summed E-state index contributed by atoms with van der Waals surface area (Å²) < 4.78 is 53.3. The highest BCUT2D eigenvalue weighted by Crippen LogP contribution is 2.37. The number of rotatable bonds is 5. The van der Waals surface area contributed by atoms with Crippen LogP contribution in [0.2, 0.25) is 0 Å². The maximum absolute atomic E-state index is 13.8. The molecule has 2 heterocycles. The van der Waals surface area contributed by atoms with Crippen molar-refractivity contribution in [3.05, 3.63) is 59.4 Å². The first-order valence-electron chi connectivity index (χ1n) is 7.92. The quantitative estimate of drug-likeness (QED) is 0.460. The molecular formula is C17H14F4N4OS. The number of hydrogen-bond donors (Lipinski definition) is 2. The van der Waals surface area contributed by atoms with Crippen LogP contribution in [0.5, 0.6) is 0 Å². The average molecular weight is 398 g/mol. The minimum absolute atomic E-state index is 0.0197. The molecular weight excluding hydrogens is 384 g/mol. The molecule has 142 valence electrons. The number of carbonyl (C=O) groups excluding carboxylic acids is 1. The molecule has 27 heavy (non-hydrogen) atoms. The number of nitrogens with zero attached hydrogens (tertiary/aromatic N) is 2. The monoisotopic (exact) mass is 398 g/mol. The lowest BCUT2D eigenvalue weighted by Gasteiger charge is -2.32. The molecule has 3 rings (SSSR count). The molecule has 0 bridgehead atoms. The van der Waals surface area contributed by atoms with E-state index in [2.05, 4.69) is 15.3 Å². The first-order chi connectivity index (χ1) is 12.7. The van der Waals surface area contributed by atoms with E-state index in [1.54, 1.807) is 0 Å². The Balaban J connectivity index is 2.26. The molecule has 0 aromatic carbocycles. The van der Waals surface area contributed by atoms with E-state index in [1.165, 1.54) is 6.07 Å². The summed E-state index contributed by atoms with van der Waals surface area (Å²) in [7, 11) is 0. The van der Waals surface area contributed by atoms with Crippen molar-refractivity contribution in [3.63, 3.8) is 0 Å². The Labute approximate surface area is 157 Å². The Hall–Kier alpha value is -2.62. The molecule has 1 aliphatic carbocycles. The summed E-state index contributed by atoms with van der Waals surface area (Å²) in [5.74, 6) is -2.00. The van der Waals surface area contributed by atoms with E-state index in [-0.39, 0.29) is 22.3 Å². The van der Waals surface area contributed by atoms with Crippen LogP contribution in [0, 0.1) is 5.95 Å². The second-order valence-corrected chi connectivity index (χ2v) is 6.56. The van der Waals surface area contributed by atoms with Gasteiger partial charge >= 0.3 is 6.18 Å². The van der Waals surface area contributed by atoms with Gasteiger partial charge in [0.15, 0.2) is 5.41 Å². The molecule has 1 unspecified atom stereocenters. The number of carbonyl (C=O) groups is 1. The molecule has 10 heteroatoms. The number of nitrogens with two attached hydrogens (primary N) is 1.